The number of hydrogen-bond acceptors (Lipinski definition) is 4. The molecule has 0 saturated heterocycles. The van der Waals surface area contributed by atoms with Crippen LogP contribution in [0.15, 0.2) is 54.6 Å². The number of nitrogens with zero attached hydrogens (tertiary/aromatic N) is 1. The van der Waals surface area contributed by atoms with E-state index in [2.05, 4.69) is 11.4 Å². The number of benzene rings is 2. The molecule has 2 rings (SSSR count). The van der Waals surface area contributed by atoms with Gasteiger partial charge in [0.05, 0.1) is 6.07 Å². The van der Waals surface area contributed by atoms with E-state index >= 15 is 0 Å². The Morgan fingerprint density at radius 2 is 1.83 bits per heavy atom. The SMILES string of the molecule is CO[C@@H](C)C(=O)N[C@H](C#N)c1ccc(OCc2ccccc2)cc1. The number of methoxy groups -OCH3 is 1. The van der Waals surface area contributed by atoms with E-state index in [-0.39, 0.29) is 5.91 Å². The van der Waals surface area contributed by atoms with Crippen LogP contribution >= 0.6 is 0 Å². The molecule has 0 radical (unpaired) electrons. The molecule has 2 atom stereocenters. The van der Waals surface area contributed by atoms with Gasteiger partial charge in [-0.25, -0.2) is 0 Å². The monoisotopic (exact) mass is 324 g/mol. The van der Waals surface area contributed by atoms with Crippen molar-refractivity contribution in [3.8, 4) is 11.8 Å². The van der Waals surface area contributed by atoms with Crippen molar-refractivity contribution in [2.75, 3.05) is 7.11 Å². The zero-order valence-corrected chi connectivity index (χ0v) is 13.7. The predicted molar refractivity (Wildman–Crippen MR) is 90.2 cm³/mol. The van der Waals surface area contributed by atoms with Crippen molar-refractivity contribution < 1.29 is 14.3 Å². The van der Waals surface area contributed by atoms with Crippen molar-refractivity contribution in [3.05, 3.63) is 65.7 Å². The fraction of sp³-hybridized carbons (Fsp3) is 0.263. The smallest absolute Gasteiger partial charge is 0.250 e. The number of nitriles is 1. The topological polar surface area (TPSA) is 71.3 Å². The van der Waals surface area contributed by atoms with Crippen molar-refractivity contribution in [3.63, 3.8) is 0 Å². The molecule has 2 aromatic rings. The first kappa shape index (κ1) is 17.5. The molecule has 24 heavy (non-hydrogen) atoms. The van der Waals surface area contributed by atoms with Crippen LogP contribution in [0.3, 0.4) is 0 Å². The van der Waals surface area contributed by atoms with Crippen LogP contribution in [0, 0.1) is 11.3 Å². The van der Waals surface area contributed by atoms with Gasteiger partial charge in [-0.1, -0.05) is 42.5 Å². The van der Waals surface area contributed by atoms with Crippen LogP contribution < -0.4 is 10.1 Å². The number of nitrogens with one attached hydrogen (secondary N) is 1. The molecular formula is C19H20N2O3. The molecule has 0 bridgehead atoms. The average molecular weight is 324 g/mol. The predicted octanol–water partition coefficient (Wildman–Crippen LogP) is 2.98. The molecule has 0 aliphatic rings. The van der Waals surface area contributed by atoms with Gasteiger partial charge in [-0.15, -0.1) is 0 Å². The third-order valence-corrected chi connectivity index (χ3v) is 3.60. The van der Waals surface area contributed by atoms with Crippen LogP contribution in [0.1, 0.15) is 24.1 Å². The number of ether oxygens (including phenoxy) is 2. The van der Waals surface area contributed by atoms with Crippen molar-refractivity contribution in [1.29, 1.82) is 5.26 Å². The Bertz CT molecular complexity index is 693. The molecule has 5 nitrogen and oxygen atoms in total. The number of rotatable bonds is 7. The molecule has 0 aliphatic carbocycles. The molecule has 0 unspecified atom stereocenters. The van der Waals surface area contributed by atoms with Gasteiger partial charge >= 0.3 is 0 Å². The van der Waals surface area contributed by atoms with E-state index in [1.807, 2.05) is 30.3 Å². The summed E-state index contributed by atoms with van der Waals surface area (Å²) in [5, 5.41) is 11.9. The average Bonchev–Trinajstić information content (AvgIpc) is 2.65. The van der Waals surface area contributed by atoms with Crippen LogP contribution in [-0.4, -0.2) is 19.1 Å². The summed E-state index contributed by atoms with van der Waals surface area (Å²) in [6, 6.07) is 18.3. The van der Waals surface area contributed by atoms with E-state index in [4.69, 9.17) is 9.47 Å². The maximum Gasteiger partial charge on any atom is 0.250 e. The Hall–Kier alpha value is -2.84. The summed E-state index contributed by atoms with van der Waals surface area (Å²) in [6.45, 7) is 2.11. The summed E-state index contributed by atoms with van der Waals surface area (Å²) >= 11 is 0. The molecule has 2 aromatic carbocycles. The summed E-state index contributed by atoms with van der Waals surface area (Å²) in [5.74, 6) is 0.379. The van der Waals surface area contributed by atoms with E-state index in [0.29, 0.717) is 17.9 Å². The maximum absolute atomic E-state index is 11.8. The van der Waals surface area contributed by atoms with Gasteiger partial charge in [-0.05, 0) is 30.2 Å². The highest BCUT2D eigenvalue weighted by molar-refractivity contribution is 5.81. The summed E-state index contributed by atoms with van der Waals surface area (Å²) < 4.78 is 10.7. The first-order valence-electron chi connectivity index (χ1n) is 7.63. The second-order valence-electron chi connectivity index (χ2n) is 5.29. The highest BCUT2D eigenvalue weighted by atomic mass is 16.5. The molecule has 1 amide bonds. The van der Waals surface area contributed by atoms with Crippen molar-refractivity contribution in [2.24, 2.45) is 0 Å². The van der Waals surface area contributed by atoms with Gasteiger partial charge in [0.15, 0.2) is 0 Å². The zero-order valence-electron chi connectivity index (χ0n) is 13.7. The largest absolute Gasteiger partial charge is 0.489 e. The van der Waals surface area contributed by atoms with Gasteiger partial charge in [-0.3, -0.25) is 4.79 Å². The van der Waals surface area contributed by atoms with Crippen LogP contribution in [0.2, 0.25) is 0 Å². The standard InChI is InChI=1S/C19H20N2O3/c1-14(23-2)19(22)21-18(12-20)16-8-10-17(11-9-16)24-13-15-6-4-3-5-7-15/h3-11,14,18H,13H2,1-2H3,(H,21,22)/t14-,18+/m0/s1. The van der Waals surface area contributed by atoms with Gasteiger partial charge in [0.1, 0.15) is 24.5 Å². The Morgan fingerprint density at radius 3 is 2.42 bits per heavy atom. The van der Waals surface area contributed by atoms with Crippen molar-refractivity contribution >= 4 is 5.91 Å². The van der Waals surface area contributed by atoms with E-state index < -0.39 is 12.1 Å². The van der Waals surface area contributed by atoms with Gasteiger partial charge in [0, 0.05) is 7.11 Å². The van der Waals surface area contributed by atoms with Gasteiger partial charge in [-0.2, -0.15) is 5.26 Å². The number of carbonyl (C=O) groups excluding carboxylic acids is 1. The molecule has 1 N–H and O–H groups in total. The minimum absolute atomic E-state index is 0.326. The molecule has 5 heteroatoms. The van der Waals surface area contributed by atoms with Gasteiger partial charge in [0.2, 0.25) is 5.91 Å². The number of amides is 1. The van der Waals surface area contributed by atoms with Crippen LogP contribution in [-0.2, 0) is 16.1 Å². The zero-order chi connectivity index (χ0) is 17.4. The van der Waals surface area contributed by atoms with E-state index in [1.54, 1.807) is 31.2 Å². The highest BCUT2D eigenvalue weighted by Crippen LogP contribution is 2.19. The summed E-state index contributed by atoms with van der Waals surface area (Å²) in [7, 11) is 1.45. The molecular weight excluding hydrogens is 304 g/mol. The number of hydrogen-bond donors (Lipinski definition) is 1. The summed E-state index contributed by atoms with van der Waals surface area (Å²) in [4.78, 5) is 11.8. The molecule has 0 fully saturated rings. The lowest BCUT2D eigenvalue weighted by Crippen LogP contribution is -2.36. The third-order valence-electron chi connectivity index (χ3n) is 3.60. The molecule has 124 valence electrons. The molecule has 0 aromatic heterocycles. The van der Waals surface area contributed by atoms with E-state index in [1.165, 1.54) is 7.11 Å². The minimum Gasteiger partial charge on any atom is -0.489 e. The van der Waals surface area contributed by atoms with Crippen molar-refractivity contribution in [2.45, 2.75) is 25.7 Å². The van der Waals surface area contributed by atoms with E-state index in [0.717, 1.165) is 5.56 Å². The molecule has 0 heterocycles. The molecule has 0 aliphatic heterocycles. The lowest BCUT2D eigenvalue weighted by atomic mass is 10.1. The van der Waals surface area contributed by atoms with E-state index in [9.17, 15) is 10.1 Å². The second kappa shape index (κ2) is 8.70. The fourth-order valence-corrected chi connectivity index (χ4v) is 2.05. The quantitative estimate of drug-likeness (QED) is 0.850. The van der Waals surface area contributed by atoms with Crippen LogP contribution in [0.25, 0.3) is 0 Å². The first-order valence-corrected chi connectivity index (χ1v) is 7.63. The minimum atomic E-state index is -0.724. The summed E-state index contributed by atoms with van der Waals surface area (Å²) in [6.07, 6.45) is -0.602. The third kappa shape index (κ3) is 4.83. The summed E-state index contributed by atoms with van der Waals surface area (Å²) in [5.41, 5.74) is 1.78. The van der Waals surface area contributed by atoms with Crippen LogP contribution in [0.4, 0.5) is 0 Å². The number of carbonyl (C=O) groups is 1. The lowest BCUT2D eigenvalue weighted by molar-refractivity contribution is -0.130. The second-order valence-corrected chi connectivity index (χ2v) is 5.29. The normalized spacial score (nSPS) is 12.7. The highest BCUT2D eigenvalue weighted by Gasteiger charge is 2.18. The Kier molecular flexibility index (Phi) is 6.35. The van der Waals surface area contributed by atoms with Gasteiger partial charge in [0.25, 0.3) is 0 Å². The maximum atomic E-state index is 11.8. The molecule has 0 saturated carbocycles. The Morgan fingerprint density at radius 1 is 1.17 bits per heavy atom. The fourth-order valence-electron chi connectivity index (χ4n) is 2.05. The Balaban J connectivity index is 1.97. The van der Waals surface area contributed by atoms with Crippen LogP contribution in [0.5, 0.6) is 5.75 Å². The first-order chi connectivity index (χ1) is 11.6. The molecule has 0 spiro atoms. The van der Waals surface area contributed by atoms with Crippen molar-refractivity contribution in [1.82, 2.24) is 5.32 Å². The van der Waals surface area contributed by atoms with Gasteiger partial charge < -0.3 is 14.8 Å². The lowest BCUT2D eigenvalue weighted by Gasteiger charge is -2.15. The Labute approximate surface area is 141 Å².